The van der Waals surface area contributed by atoms with Gasteiger partial charge in [-0.2, -0.15) is 0 Å². The van der Waals surface area contributed by atoms with E-state index in [0.29, 0.717) is 19.0 Å². The number of fused-ring (bicyclic) bond motifs is 1. The van der Waals surface area contributed by atoms with E-state index in [0.717, 1.165) is 54.4 Å². The van der Waals surface area contributed by atoms with Crippen molar-refractivity contribution in [3.8, 4) is 0 Å². The van der Waals surface area contributed by atoms with E-state index in [4.69, 9.17) is 4.74 Å². The van der Waals surface area contributed by atoms with Gasteiger partial charge < -0.3 is 14.0 Å². The van der Waals surface area contributed by atoms with Gasteiger partial charge in [0.2, 0.25) is 5.78 Å². The van der Waals surface area contributed by atoms with Gasteiger partial charge >= 0.3 is 6.09 Å². The number of hydrogen-bond acceptors (Lipinski definition) is 3. The van der Waals surface area contributed by atoms with Gasteiger partial charge in [0.05, 0.1) is 5.69 Å². The number of pyridine rings is 1. The molecule has 3 aromatic rings. The number of aromatic nitrogens is 1. The minimum Gasteiger partial charge on any atom is -0.444 e. The second kappa shape index (κ2) is 10.0. The molecule has 0 radical (unpaired) electrons. The fourth-order valence-corrected chi connectivity index (χ4v) is 4.76. The van der Waals surface area contributed by atoms with E-state index in [1.165, 1.54) is 5.56 Å². The highest BCUT2D eigenvalue weighted by Gasteiger charge is 2.27. The highest BCUT2D eigenvalue weighted by Crippen LogP contribution is 2.30. The maximum absolute atomic E-state index is 13.5. The Morgan fingerprint density at radius 3 is 2.38 bits per heavy atom. The molecule has 1 aliphatic heterocycles. The Balaban J connectivity index is 1.47. The number of piperidine rings is 1. The van der Waals surface area contributed by atoms with Crippen LogP contribution in [0.2, 0.25) is 0 Å². The van der Waals surface area contributed by atoms with Gasteiger partial charge in [-0.15, -0.1) is 0 Å². The summed E-state index contributed by atoms with van der Waals surface area (Å²) in [7, 11) is 0. The third-order valence-corrected chi connectivity index (χ3v) is 6.56. The van der Waals surface area contributed by atoms with Crippen LogP contribution >= 0.6 is 0 Å². The van der Waals surface area contributed by atoms with Crippen LogP contribution < -0.4 is 0 Å². The first-order valence-electron chi connectivity index (χ1n) is 12.5. The lowest BCUT2D eigenvalue weighted by atomic mass is 9.88. The minimum atomic E-state index is -0.474. The lowest BCUT2D eigenvalue weighted by molar-refractivity contribution is 0.0204. The number of ketones is 1. The molecule has 0 atom stereocenters. The Bertz CT molecular complexity index is 1150. The molecule has 0 unspecified atom stereocenters. The summed E-state index contributed by atoms with van der Waals surface area (Å²) in [4.78, 5) is 27.7. The molecular formula is C29H36N2O3. The fraction of sp³-hybridized carbons (Fsp3) is 0.448. The third-order valence-electron chi connectivity index (χ3n) is 6.56. The van der Waals surface area contributed by atoms with Crippen molar-refractivity contribution in [1.29, 1.82) is 0 Å². The minimum absolute atomic E-state index is 0.0728. The molecule has 1 amide bonds. The van der Waals surface area contributed by atoms with E-state index in [2.05, 4.69) is 31.2 Å². The highest BCUT2D eigenvalue weighted by molar-refractivity contribution is 6.09. The molecule has 4 rings (SSSR count). The van der Waals surface area contributed by atoms with Crippen molar-refractivity contribution in [3.05, 3.63) is 77.1 Å². The van der Waals surface area contributed by atoms with E-state index < -0.39 is 5.60 Å². The lowest BCUT2D eigenvalue weighted by Crippen LogP contribution is -2.41. The van der Waals surface area contributed by atoms with E-state index in [-0.39, 0.29) is 11.9 Å². The van der Waals surface area contributed by atoms with E-state index in [1.54, 1.807) is 4.90 Å². The Labute approximate surface area is 202 Å². The Morgan fingerprint density at radius 2 is 1.74 bits per heavy atom. The molecule has 0 N–H and O–H groups in total. The summed E-state index contributed by atoms with van der Waals surface area (Å²) in [6.45, 7) is 9.24. The third kappa shape index (κ3) is 5.35. The number of likely N-dealkylation sites (tertiary alicyclic amines) is 1. The number of hydrogen-bond donors (Lipinski definition) is 0. The number of amides is 1. The van der Waals surface area contributed by atoms with Gasteiger partial charge in [0, 0.05) is 30.4 Å². The van der Waals surface area contributed by atoms with Gasteiger partial charge in [-0.05, 0) is 81.7 Å². The predicted octanol–water partition coefficient (Wildman–Crippen LogP) is 6.63. The number of carbonyl (C=O) groups is 2. The second-order valence-electron chi connectivity index (χ2n) is 10.3. The zero-order valence-electron chi connectivity index (χ0n) is 20.8. The Morgan fingerprint density at radius 1 is 1.03 bits per heavy atom. The fourth-order valence-electron chi connectivity index (χ4n) is 4.76. The molecule has 180 valence electrons. The molecule has 1 aliphatic rings. The van der Waals surface area contributed by atoms with Crippen molar-refractivity contribution in [1.82, 2.24) is 9.30 Å². The van der Waals surface area contributed by atoms with Crippen LogP contribution in [0.1, 0.15) is 86.5 Å². The van der Waals surface area contributed by atoms with E-state index >= 15 is 0 Å². The number of carbonyl (C=O) groups excluding carboxylic acids is 2. The van der Waals surface area contributed by atoms with E-state index in [1.807, 2.05) is 55.6 Å². The average molecular weight is 461 g/mol. The molecule has 1 saturated heterocycles. The van der Waals surface area contributed by atoms with Crippen LogP contribution in [0.3, 0.4) is 0 Å². The maximum atomic E-state index is 13.5. The molecule has 0 saturated carbocycles. The molecule has 5 heteroatoms. The number of unbranched alkanes of at least 4 members (excludes halogenated alkanes) is 1. The molecule has 3 heterocycles. The number of aryl methyl sites for hydroxylation is 1. The Kier molecular flexibility index (Phi) is 7.11. The molecular weight excluding hydrogens is 424 g/mol. The largest absolute Gasteiger partial charge is 0.444 e. The topological polar surface area (TPSA) is 51.0 Å². The number of nitrogens with zero attached hydrogens (tertiary/aromatic N) is 2. The van der Waals surface area contributed by atoms with Gasteiger partial charge in [0.1, 0.15) is 5.60 Å². The molecule has 1 aromatic carbocycles. The van der Waals surface area contributed by atoms with Crippen LogP contribution in [-0.4, -0.2) is 39.9 Å². The van der Waals surface area contributed by atoms with Gasteiger partial charge in [-0.25, -0.2) is 4.79 Å². The summed E-state index contributed by atoms with van der Waals surface area (Å²) in [5, 5.41) is 0. The normalized spacial score (nSPS) is 15.0. The first-order chi connectivity index (χ1) is 16.3. The molecule has 0 aliphatic carbocycles. The zero-order chi connectivity index (χ0) is 24.3. The van der Waals surface area contributed by atoms with Crippen LogP contribution in [-0.2, 0) is 11.2 Å². The van der Waals surface area contributed by atoms with E-state index in [9.17, 15) is 9.59 Å². The van der Waals surface area contributed by atoms with Crippen LogP contribution in [0.15, 0.2) is 54.7 Å². The van der Waals surface area contributed by atoms with Crippen molar-refractivity contribution < 1.29 is 14.3 Å². The van der Waals surface area contributed by atoms with Crippen molar-refractivity contribution in [2.75, 3.05) is 13.1 Å². The number of rotatable bonds is 6. The van der Waals surface area contributed by atoms with Crippen molar-refractivity contribution >= 4 is 17.4 Å². The van der Waals surface area contributed by atoms with Crippen LogP contribution in [0.5, 0.6) is 0 Å². The van der Waals surface area contributed by atoms with Crippen molar-refractivity contribution in [2.45, 2.75) is 71.3 Å². The quantitative estimate of drug-likeness (QED) is 0.388. The highest BCUT2D eigenvalue weighted by atomic mass is 16.6. The molecule has 5 nitrogen and oxygen atoms in total. The SMILES string of the molecule is CCCCc1cc2ccccn2c1C(=O)c1ccc(C2CCN(C(=O)OC(C)(C)C)CC2)cc1. The van der Waals surface area contributed by atoms with Gasteiger partial charge in [-0.3, -0.25) is 4.79 Å². The molecule has 0 bridgehead atoms. The van der Waals surface area contributed by atoms with Crippen LogP contribution in [0.25, 0.3) is 5.52 Å². The van der Waals surface area contributed by atoms with Crippen molar-refractivity contribution in [2.24, 2.45) is 0 Å². The monoisotopic (exact) mass is 460 g/mol. The molecule has 2 aromatic heterocycles. The zero-order valence-corrected chi connectivity index (χ0v) is 20.8. The second-order valence-corrected chi connectivity index (χ2v) is 10.3. The summed E-state index contributed by atoms with van der Waals surface area (Å²) in [5.41, 5.74) is 4.44. The van der Waals surface area contributed by atoms with Gasteiger partial charge in [0.25, 0.3) is 0 Å². The van der Waals surface area contributed by atoms with Gasteiger partial charge in [0.15, 0.2) is 0 Å². The molecule has 1 fully saturated rings. The standard InChI is InChI=1S/C29H36N2O3/c1-5-6-9-24-20-25-10-7-8-17-31(25)26(24)27(32)23-13-11-21(12-14-23)22-15-18-30(19-16-22)28(33)34-29(2,3)4/h7-8,10-14,17,20,22H,5-6,9,15-16,18-19H2,1-4H3. The first-order valence-corrected chi connectivity index (χ1v) is 12.5. The molecule has 34 heavy (non-hydrogen) atoms. The van der Waals surface area contributed by atoms with Crippen molar-refractivity contribution in [3.63, 3.8) is 0 Å². The average Bonchev–Trinajstić information content (AvgIpc) is 3.19. The van der Waals surface area contributed by atoms with Crippen LogP contribution in [0.4, 0.5) is 4.79 Å². The predicted molar refractivity (Wildman–Crippen MR) is 136 cm³/mol. The smallest absolute Gasteiger partial charge is 0.410 e. The molecule has 0 spiro atoms. The summed E-state index contributed by atoms with van der Waals surface area (Å²) < 4.78 is 7.53. The summed E-state index contributed by atoms with van der Waals surface area (Å²) in [6.07, 6.45) is 6.62. The summed E-state index contributed by atoms with van der Waals surface area (Å²) in [5.74, 6) is 0.459. The summed E-state index contributed by atoms with van der Waals surface area (Å²) in [6, 6.07) is 16.3. The number of benzene rings is 1. The van der Waals surface area contributed by atoms with Crippen LogP contribution in [0, 0.1) is 0 Å². The Hall–Kier alpha value is -3.08. The number of ether oxygens (including phenoxy) is 1. The summed E-state index contributed by atoms with van der Waals surface area (Å²) >= 11 is 0. The van der Waals surface area contributed by atoms with Gasteiger partial charge in [-0.1, -0.05) is 43.7 Å². The lowest BCUT2D eigenvalue weighted by Gasteiger charge is -2.33. The first kappa shape index (κ1) is 24.1. The maximum Gasteiger partial charge on any atom is 0.410 e.